The third-order valence-electron chi connectivity index (χ3n) is 4.66. The number of benzene rings is 3. The Bertz CT molecular complexity index is 1040. The van der Waals surface area contributed by atoms with Crippen LogP contribution in [0.1, 0.15) is 16.7 Å². The molecule has 0 aliphatic carbocycles. The van der Waals surface area contributed by atoms with E-state index < -0.39 is 0 Å². The molecule has 3 aromatic rings. The van der Waals surface area contributed by atoms with Gasteiger partial charge in [-0.3, -0.25) is 9.69 Å². The molecule has 0 saturated heterocycles. The predicted molar refractivity (Wildman–Crippen MR) is 123 cm³/mol. The standard InChI is InChI=1S/C26H23ClFNO/c1-19(17-29(2)18-21-6-4-3-5-7-21)26(30)25(22-10-14-24(28)15-11-22)16-20-8-12-23(27)13-9-20/h3-16H,1,17-18H2,2H3/b25-16+. The first kappa shape index (κ1) is 21.7. The van der Waals surface area contributed by atoms with Crippen molar-refractivity contribution in [2.24, 2.45) is 0 Å². The van der Waals surface area contributed by atoms with Crippen molar-refractivity contribution < 1.29 is 9.18 Å². The van der Waals surface area contributed by atoms with Crippen LogP contribution in [0.4, 0.5) is 4.39 Å². The van der Waals surface area contributed by atoms with Gasteiger partial charge in [0.05, 0.1) is 0 Å². The van der Waals surface area contributed by atoms with Crippen LogP contribution in [0.25, 0.3) is 11.6 Å². The van der Waals surface area contributed by atoms with Crippen molar-refractivity contribution in [1.82, 2.24) is 4.90 Å². The SMILES string of the molecule is C=C(CN(C)Cc1ccccc1)C(=O)/C(=C/c1ccc(Cl)cc1)c1ccc(F)cc1. The molecule has 0 aliphatic rings. The predicted octanol–water partition coefficient (Wildman–Crippen LogP) is 6.28. The van der Waals surface area contributed by atoms with Crippen molar-refractivity contribution in [1.29, 1.82) is 0 Å². The number of hydrogen-bond donors (Lipinski definition) is 0. The molecule has 152 valence electrons. The van der Waals surface area contributed by atoms with Crippen LogP contribution < -0.4 is 0 Å². The van der Waals surface area contributed by atoms with Crippen LogP contribution in [0.2, 0.25) is 5.02 Å². The summed E-state index contributed by atoms with van der Waals surface area (Å²) in [4.78, 5) is 15.3. The van der Waals surface area contributed by atoms with Crippen LogP contribution in [0.5, 0.6) is 0 Å². The van der Waals surface area contributed by atoms with Crippen LogP contribution in [-0.4, -0.2) is 24.3 Å². The van der Waals surface area contributed by atoms with Gasteiger partial charge in [-0.25, -0.2) is 4.39 Å². The number of ketones is 1. The first-order chi connectivity index (χ1) is 14.4. The molecule has 0 bridgehead atoms. The van der Waals surface area contributed by atoms with Crippen molar-refractivity contribution in [2.75, 3.05) is 13.6 Å². The maximum Gasteiger partial charge on any atom is 0.190 e. The lowest BCUT2D eigenvalue weighted by molar-refractivity contribution is -0.110. The molecule has 0 atom stereocenters. The summed E-state index contributed by atoms with van der Waals surface area (Å²) in [7, 11) is 1.95. The van der Waals surface area contributed by atoms with Crippen LogP contribution >= 0.6 is 11.6 Å². The van der Waals surface area contributed by atoms with Gasteiger partial charge in [-0.15, -0.1) is 0 Å². The minimum Gasteiger partial charge on any atom is -0.298 e. The van der Waals surface area contributed by atoms with Gasteiger partial charge in [0.2, 0.25) is 0 Å². The Morgan fingerprint density at radius 2 is 1.63 bits per heavy atom. The number of allylic oxidation sites excluding steroid dienone is 1. The second kappa shape index (κ2) is 10.1. The van der Waals surface area contributed by atoms with E-state index in [1.807, 2.05) is 54.4 Å². The highest BCUT2D eigenvalue weighted by Crippen LogP contribution is 2.24. The number of rotatable bonds is 8. The first-order valence-electron chi connectivity index (χ1n) is 9.60. The normalized spacial score (nSPS) is 11.5. The van der Waals surface area contributed by atoms with Crippen LogP contribution in [0.3, 0.4) is 0 Å². The Kier molecular flexibility index (Phi) is 7.34. The van der Waals surface area contributed by atoms with Gasteiger partial charge in [0.15, 0.2) is 5.78 Å². The van der Waals surface area contributed by atoms with E-state index in [4.69, 9.17) is 11.6 Å². The van der Waals surface area contributed by atoms with Gasteiger partial charge >= 0.3 is 0 Å². The molecular weight excluding hydrogens is 397 g/mol. The molecule has 3 rings (SSSR count). The molecule has 0 unspecified atom stereocenters. The fourth-order valence-electron chi connectivity index (χ4n) is 3.17. The first-order valence-corrected chi connectivity index (χ1v) is 9.98. The van der Waals surface area contributed by atoms with Gasteiger partial charge in [0, 0.05) is 29.3 Å². The molecule has 0 amide bonds. The molecule has 2 nitrogen and oxygen atoms in total. The van der Waals surface area contributed by atoms with Crippen LogP contribution in [-0.2, 0) is 11.3 Å². The number of halogens is 2. The largest absolute Gasteiger partial charge is 0.298 e. The smallest absolute Gasteiger partial charge is 0.190 e. The fraction of sp³-hybridized carbons (Fsp3) is 0.115. The Morgan fingerprint density at radius 1 is 1.00 bits per heavy atom. The summed E-state index contributed by atoms with van der Waals surface area (Å²) in [6.45, 7) is 5.16. The van der Waals surface area contributed by atoms with Gasteiger partial charge in [0.25, 0.3) is 0 Å². The van der Waals surface area contributed by atoms with Gasteiger partial charge in [-0.05, 0) is 54.1 Å². The summed E-state index contributed by atoms with van der Waals surface area (Å²) >= 11 is 5.97. The molecule has 0 fully saturated rings. The molecular formula is C26H23ClFNO. The zero-order valence-electron chi connectivity index (χ0n) is 16.8. The van der Waals surface area contributed by atoms with E-state index in [0.717, 1.165) is 11.1 Å². The zero-order chi connectivity index (χ0) is 21.5. The maximum absolute atomic E-state index is 13.4. The molecule has 0 heterocycles. The van der Waals surface area contributed by atoms with E-state index in [-0.39, 0.29) is 11.6 Å². The molecule has 0 aliphatic heterocycles. The Labute approximate surface area is 181 Å². The van der Waals surface area contributed by atoms with Crippen LogP contribution in [0, 0.1) is 5.82 Å². The molecule has 0 radical (unpaired) electrons. The third kappa shape index (κ3) is 5.99. The van der Waals surface area contributed by atoms with Gasteiger partial charge in [-0.1, -0.05) is 72.8 Å². The topological polar surface area (TPSA) is 20.3 Å². The zero-order valence-corrected chi connectivity index (χ0v) is 17.6. The summed E-state index contributed by atoms with van der Waals surface area (Å²) in [6.07, 6.45) is 1.79. The summed E-state index contributed by atoms with van der Waals surface area (Å²) in [5, 5.41) is 0.619. The second-order valence-corrected chi connectivity index (χ2v) is 7.64. The lowest BCUT2D eigenvalue weighted by atomic mass is 9.95. The van der Waals surface area contributed by atoms with Crippen molar-refractivity contribution in [2.45, 2.75) is 6.54 Å². The van der Waals surface area contributed by atoms with Crippen molar-refractivity contribution in [3.05, 3.63) is 119 Å². The summed E-state index contributed by atoms with van der Waals surface area (Å²) in [6, 6.07) is 23.2. The maximum atomic E-state index is 13.4. The van der Waals surface area contributed by atoms with E-state index in [9.17, 15) is 9.18 Å². The molecule has 0 N–H and O–H groups in total. The van der Waals surface area contributed by atoms with E-state index in [1.165, 1.54) is 12.1 Å². The number of Topliss-reactive ketones (excluding diaryl/α,β-unsaturated/α-hetero) is 1. The molecule has 0 aromatic heterocycles. The van der Waals surface area contributed by atoms with E-state index >= 15 is 0 Å². The molecule has 30 heavy (non-hydrogen) atoms. The number of hydrogen-bond acceptors (Lipinski definition) is 2. The summed E-state index contributed by atoms with van der Waals surface area (Å²) in [5.74, 6) is -0.519. The molecule has 0 spiro atoms. The van der Waals surface area contributed by atoms with Crippen molar-refractivity contribution in [3.8, 4) is 0 Å². The number of likely N-dealkylation sites (N-methyl/N-ethyl adjacent to an activating group) is 1. The third-order valence-corrected chi connectivity index (χ3v) is 4.91. The lowest BCUT2D eigenvalue weighted by Gasteiger charge is -2.18. The van der Waals surface area contributed by atoms with Gasteiger partial charge in [-0.2, -0.15) is 0 Å². The molecule has 4 heteroatoms. The highest BCUT2D eigenvalue weighted by Gasteiger charge is 2.17. The Balaban J connectivity index is 1.83. The second-order valence-electron chi connectivity index (χ2n) is 7.21. The molecule has 0 saturated carbocycles. The quantitative estimate of drug-likeness (QED) is 0.316. The number of carbonyl (C=O) groups is 1. The molecule has 3 aromatic carbocycles. The highest BCUT2D eigenvalue weighted by molar-refractivity contribution is 6.32. The summed E-state index contributed by atoms with van der Waals surface area (Å²) < 4.78 is 13.4. The number of carbonyl (C=O) groups excluding carboxylic acids is 1. The van der Waals surface area contributed by atoms with Gasteiger partial charge in [0.1, 0.15) is 5.82 Å². The van der Waals surface area contributed by atoms with Crippen molar-refractivity contribution in [3.63, 3.8) is 0 Å². The van der Waals surface area contributed by atoms with E-state index in [1.54, 1.807) is 30.3 Å². The van der Waals surface area contributed by atoms with Crippen molar-refractivity contribution >= 4 is 29.0 Å². The number of nitrogens with zero attached hydrogens (tertiary/aromatic N) is 1. The monoisotopic (exact) mass is 419 g/mol. The Morgan fingerprint density at radius 3 is 2.27 bits per heavy atom. The minimum atomic E-state index is -0.349. The average molecular weight is 420 g/mol. The average Bonchev–Trinajstić information content (AvgIpc) is 2.74. The van der Waals surface area contributed by atoms with Gasteiger partial charge < -0.3 is 0 Å². The van der Waals surface area contributed by atoms with E-state index in [0.29, 0.717) is 34.8 Å². The fourth-order valence-corrected chi connectivity index (χ4v) is 3.30. The Hall–Kier alpha value is -3.01. The van der Waals surface area contributed by atoms with Crippen LogP contribution in [0.15, 0.2) is 91.0 Å². The highest BCUT2D eigenvalue weighted by atomic mass is 35.5. The minimum absolute atomic E-state index is 0.170. The summed E-state index contributed by atoms with van der Waals surface area (Å²) in [5.41, 5.74) is 3.57. The lowest BCUT2D eigenvalue weighted by Crippen LogP contribution is -2.23. The van der Waals surface area contributed by atoms with E-state index in [2.05, 4.69) is 6.58 Å².